The minimum atomic E-state index is -0.195. The second-order valence-corrected chi connectivity index (χ2v) is 5.96. The minimum Gasteiger partial charge on any atom is -0.381 e. The van der Waals surface area contributed by atoms with Gasteiger partial charge in [0.05, 0.1) is 13.2 Å². The number of benzene rings is 1. The number of hydrogen-bond donors (Lipinski definition) is 2. The normalized spacial score (nSPS) is 17.9. The predicted octanol–water partition coefficient (Wildman–Crippen LogP) is 1.98. The van der Waals surface area contributed by atoms with E-state index in [1.807, 2.05) is 6.07 Å². The third-order valence-corrected chi connectivity index (χ3v) is 3.95. The van der Waals surface area contributed by atoms with Crippen LogP contribution in [-0.4, -0.2) is 52.5 Å². The highest BCUT2D eigenvalue weighted by atomic mass is 19.1. The van der Waals surface area contributed by atoms with Crippen molar-refractivity contribution in [1.29, 1.82) is 0 Å². The molecule has 0 spiro atoms. The number of nitrogens with zero attached hydrogens (tertiary/aromatic N) is 1. The van der Waals surface area contributed by atoms with Gasteiger partial charge >= 0.3 is 0 Å². The van der Waals surface area contributed by atoms with E-state index in [9.17, 15) is 4.39 Å². The molecule has 0 bridgehead atoms. The van der Waals surface area contributed by atoms with Gasteiger partial charge in [0.15, 0.2) is 5.96 Å². The molecular weight excluding hydrogens is 309 g/mol. The van der Waals surface area contributed by atoms with E-state index >= 15 is 0 Å². The zero-order valence-electron chi connectivity index (χ0n) is 14.4. The van der Waals surface area contributed by atoms with Crippen LogP contribution >= 0.6 is 0 Å². The van der Waals surface area contributed by atoms with Gasteiger partial charge < -0.3 is 20.1 Å². The van der Waals surface area contributed by atoms with Gasteiger partial charge in [-0.15, -0.1) is 0 Å². The van der Waals surface area contributed by atoms with Crippen LogP contribution in [0.3, 0.4) is 0 Å². The first-order chi connectivity index (χ1) is 11.8. The Morgan fingerprint density at radius 2 is 2.25 bits per heavy atom. The van der Waals surface area contributed by atoms with Gasteiger partial charge in [0.25, 0.3) is 0 Å². The number of guanidine groups is 1. The Balaban J connectivity index is 1.50. The van der Waals surface area contributed by atoms with Crippen LogP contribution in [0.1, 0.15) is 18.4 Å². The lowest BCUT2D eigenvalue weighted by Gasteiger charge is -2.12. The van der Waals surface area contributed by atoms with Crippen molar-refractivity contribution in [2.45, 2.75) is 19.3 Å². The molecule has 1 atom stereocenters. The first-order valence-corrected chi connectivity index (χ1v) is 8.62. The van der Waals surface area contributed by atoms with Crippen LogP contribution in [0.4, 0.5) is 4.39 Å². The molecule has 1 aliphatic heterocycles. The molecule has 0 saturated carbocycles. The highest BCUT2D eigenvalue weighted by molar-refractivity contribution is 5.79. The molecule has 1 heterocycles. The molecule has 1 aliphatic rings. The fraction of sp³-hybridized carbons (Fsp3) is 0.611. The number of nitrogens with one attached hydrogen (secondary N) is 2. The SMILES string of the molecule is CN=C(NCCCOCC1CCOC1)NCCc1cccc(F)c1. The fourth-order valence-corrected chi connectivity index (χ4v) is 2.58. The van der Waals surface area contributed by atoms with Crippen molar-refractivity contribution in [2.24, 2.45) is 10.9 Å². The summed E-state index contributed by atoms with van der Waals surface area (Å²) in [6.45, 7) is 4.75. The Bertz CT molecular complexity index is 505. The van der Waals surface area contributed by atoms with E-state index < -0.39 is 0 Å². The maximum atomic E-state index is 13.1. The molecule has 1 fully saturated rings. The largest absolute Gasteiger partial charge is 0.381 e. The Labute approximate surface area is 143 Å². The smallest absolute Gasteiger partial charge is 0.190 e. The van der Waals surface area contributed by atoms with Crippen LogP contribution in [0.15, 0.2) is 29.3 Å². The van der Waals surface area contributed by atoms with E-state index in [1.165, 1.54) is 6.07 Å². The number of rotatable bonds is 9. The molecule has 1 saturated heterocycles. The van der Waals surface area contributed by atoms with E-state index in [4.69, 9.17) is 9.47 Å². The minimum absolute atomic E-state index is 0.195. The molecule has 24 heavy (non-hydrogen) atoms. The summed E-state index contributed by atoms with van der Waals surface area (Å²) in [5, 5.41) is 6.49. The van der Waals surface area contributed by atoms with Gasteiger partial charge in [0, 0.05) is 39.3 Å². The lowest BCUT2D eigenvalue weighted by molar-refractivity contribution is 0.0888. The first-order valence-electron chi connectivity index (χ1n) is 8.62. The summed E-state index contributed by atoms with van der Waals surface area (Å²) in [6, 6.07) is 6.67. The quantitative estimate of drug-likeness (QED) is 0.411. The van der Waals surface area contributed by atoms with E-state index in [2.05, 4.69) is 15.6 Å². The molecule has 2 N–H and O–H groups in total. The molecule has 1 unspecified atom stereocenters. The number of aliphatic imine (C=N–C) groups is 1. The van der Waals surface area contributed by atoms with Crippen molar-refractivity contribution in [3.8, 4) is 0 Å². The summed E-state index contributed by atoms with van der Waals surface area (Å²) in [4.78, 5) is 4.18. The van der Waals surface area contributed by atoms with E-state index in [1.54, 1.807) is 19.2 Å². The number of hydrogen-bond acceptors (Lipinski definition) is 3. The van der Waals surface area contributed by atoms with Crippen LogP contribution in [-0.2, 0) is 15.9 Å². The molecule has 0 amide bonds. The Kier molecular flexibility index (Phi) is 8.55. The predicted molar refractivity (Wildman–Crippen MR) is 93.8 cm³/mol. The molecule has 0 aliphatic carbocycles. The molecule has 1 aromatic rings. The third kappa shape index (κ3) is 7.27. The lowest BCUT2D eigenvalue weighted by Crippen LogP contribution is -2.39. The average molecular weight is 337 g/mol. The summed E-state index contributed by atoms with van der Waals surface area (Å²) < 4.78 is 24.1. The van der Waals surface area contributed by atoms with Crippen molar-refractivity contribution in [2.75, 3.05) is 46.6 Å². The van der Waals surface area contributed by atoms with Gasteiger partial charge in [-0.25, -0.2) is 4.39 Å². The summed E-state index contributed by atoms with van der Waals surface area (Å²) in [6.07, 6.45) is 2.79. The highest BCUT2D eigenvalue weighted by Gasteiger charge is 2.15. The van der Waals surface area contributed by atoms with Crippen molar-refractivity contribution < 1.29 is 13.9 Å². The number of halogens is 1. The van der Waals surface area contributed by atoms with Crippen molar-refractivity contribution >= 4 is 5.96 Å². The third-order valence-electron chi connectivity index (χ3n) is 3.95. The second-order valence-electron chi connectivity index (χ2n) is 5.96. The Morgan fingerprint density at radius 1 is 1.38 bits per heavy atom. The van der Waals surface area contributed by atoms with Crippen LogP contribution in [0.2, 0.25) is 0 Å². The standard InChI is InChI=1S/C18H28FN3O2/c1-20-18(22-9-6-15-4-2-5-17(19)12-15)21-8-3-10-23-13-16-7-11-24-14-16/h2,4-5,12,16H,3,6-11,13-14H2,1H3,(H2,20,21,22). The summed E-state index contributed by atoms with van der Waals surface area (Å²) >= 11 is 0. The summed E-state index contributed by atoms with van der Waals surface area (Å²) in [7, 11) is 1.74. The van der Waals surface area contributed by atoms with Gasteiger partial charge in [0.2, 0.25) is 0 Å². The van der Waals surface area contributed by atoms with Crippen LogP contribution < -0.4 is 10.6 Å². The molecule has 0 radical (unpaired) electrons. The Morgan fingerprint density at radius 3 is 3.00 bits per heavy atom. The second kappa shape index (κ2) is 11.0. The van der Waals surface area contributed by atoms with Gasteiger partial charge in [0.1, 0.15) is 5.82 Å². The van der Waals surface area contributed by atoms with Gasteiger partial charge in [-0.1, -0.05) is 12.1 Å². The maximum absolute atomic E-state index is 13.1. The molecular formula is C18H28FN3O2. The van der Waals surface area contributed by atoms with Crippen molar-refractivity contribution in [3.05, 3.63) is 35.6 Å². The van der Waals surface area contributed by atoms with E-state index in [-0.39, 0.29) is 5.82 Å². The fourth-order valence-electron chi connectivity index (χ4n) is 2.58. The van der Waals surface area contributed by atoms with Gasteiger partial charge in [-0.05, 0) is 37.0 Å². The molecule has 0 aromatic heterocycles. The van der Waals surface area contributed by atoms with Crippen molar-refractivity contribution in [3.63, 3.8) is 0 Å². The van der Waals surface area contributed by atoms with E-state index in [0.29, 0.717) is 12.5 Å². The molecule has 5 nitrogen and oxygen atoms in total. The Hall–Kier alpha value is -1.66. The van der Waals surface area contributed by atoms with E-state index in [0.717, 1.165) is 63.8 Å². The monoisotopic (exact) mass is 337 g/mol. The van der Waals surface area contributed by atoms with Crippen LogP contribution in [0.25, 0.3) is 0 Å². The maximum Gasteiger partial charge on any atom is 0.190 e. The molecule has 1 aromatic carbocycles. The average Bonchev–Trinajstić information content (AvgIpc) is 3.09. The molecule has 134 valence electrons. The van der Waals surface area contributed by atoms with Crippen molar-refractivity contribution in [1.82, 2.24) is 10.6 Å². The zero-order chi connectivity index (χ0) is 17.0. The van der Waals surface area contributed by atoms with Crippen LogP contribution in [0, 0.1) is 11.7 Å². The zero-order valence-corrected chi connectivity index (χ0v) is 14.4. The first kappa shape index (κ1) is 18.7. The van der Waals surface area contributed by atoms with Gasteiger partial charge in [-0.2, -0.15) is 0 Å². The summed E-state index contributed by atoms with van der Waals surface area (Å²) in [5.41, 5.74) is 0.974. The van der Waals surface area contributed by atoms with Gasteiger partial charge in [-0.3, -0.25) is 4.99 Å². The number of ether oxygens (including phenoxy) is 2. The lowest BCUT2D eigenvalue weighted by atomic mass is 10.1. The molecule has 6 heteroatoms. The molecule has 2 rings (SSSR count). The summed E-state index contributed by atoms with van der Waals surface area (Å²) in [5.74, 6) is 1.13. The topological polar surface area (TPSA) is 54.9 Å². The van der Waals surface area contributed by atoms with Crippen LogP contribution in [0.5, 0.6) is 0 Å². The highest BCUT2D eigenvalue weighted by Crippen LogP contribution is 2.12.